The SMILES string of the molecule is Cc1ccc(-c2cc(C(=O)O)ccc2F)c2ccccc12. The lowest BCUT2D eigenvalue weighted by Crippen LogP contribution is -1.98. The molecule has 3 rings (SSSR count). The molecular weight excluding hydrogens is 267 g/mol. The molecule has 104 valence electrons. The zero-order chi connectivity index (χ0) is 15.0. The van der Waals surface area contributed by atoms with Gasteiger partial charge in [0.2, 0.25) is 0 Å². The van der Waals surface area contributed by atoms with Crippen LogP contribution in [0.2, 0.25) is 0 Å². The predicted molar refractivity (Wildman–Crippen MR) is 81.0 cm³/mol. The largest absolute Gasteiger partial charge is 0.478 e. The Morgan fingerprint density at radius 3 is 2.38 bits per heavy atom. The van der Waals surface area contributed by atoms with Crippen molar-refractivity contribution in [3.8, 4) is 11.1 Å². The number of carboxylic acids is 1. The smallest absolute Gasteiger partial charge is 0.335 e. The second-order valence-corrected chi connectivity index (χ2v) is 4.98. The van der Waals surface area contributed by atoms with Gasteiger partial charge in [-0.05, 0) is 47.0 Å². The Balaban J connectivity index is 2.33. The van der Waals surface area contributed by atoms with Crippen LogP contribution in [-0.4, -0.2) is 11.1 Å². The maximum atomic E-state index is 14.2. The fourth-order valence-electron chi connectivity index (χ4n) is 2.55. The molecule has 0 heterocycles. The zero-order valence-electron chi connectivity index (χ0n) is 11.4. The van der Waals surface area contributed by atoms with Gasteiger partial charge in [0.1, 0.15) is 5.82 Å². The Morgan fingerprint density at radius 2 is 1.67 bits per heavy atom. The summed E-state index contributed by atoms with van der Waals surface area (Å²) in [5.74, 6) is -1.48. The molecule has 0 atom stereocenters. The van der Waals surface area contributed by atoms with E-state index in [4.69, 9.17) is 5.11 Å². The third-order valence-electron chi connectivity index (χ3n) is 3.65. The van der Waals surface area contributed by atoms with Crippen molar-refractivity contribution in [2.75, 3.05) is 0 Å². The first-order valence-corrected chi connectivity index (χ1v) is 6.59. The molecule has 0 fully saturated rings. The van der Waals surface area contributed by atoms with E-state index in [-0.39, 0.29) is 5.56 Å². The molecule has 0 saturated heterocycles. The second kappa shape index (κ2) is 5.02. The number of hydrogen-bond acceptors (Lipinski definition) is 1. The van der Waals surface area contributed by atoms with Gasteiger partial charge in [0.25, 0.3) is 0 Å². The van der Waals surface area contributed by atoms with Crippen molar-refractivity contribution < 1.29 is 14.3 Å². The maximum Gasteiger partial charge on any atom is 0.335 e. The molecule has 3 aromatic carbocycles. The molecule has 0 aliphatic heterocycles. The first kappa shape index (κ1) is 13.3. The van der Waals surface area contributed by atoms with Gasteiger partial charge in [-0.1, -0.05) is 36.4 Å². The lowest BCUT2D eigenvalue weighted by Gasteiger charge is -2.11. The second-order valence-electron chi connectivity index (χ2n) is 4.98. The molecule has 21 heavy (non-hydrogen) atoms. The van der Waals surface area contributed by atoms with Gasteiger partial charge in [-0.3, -0.25) is 0 Å². The molecule has 0 unspecified atom stereocenters. The molecule has 0 aliphatic rings. The summed E-state index contributed by atoms with van der Waals surface area (Å²) < 4.78 is 14.2. The number of rotatable bonds is 2. The third-order valence-corrected chi connectivity index (χ3v) is 3.65. The van der Waals surface area contributed by atoms with E-state index in [0.29, 0.717) is 11.1 Å². The van der Waals surface area contributed by atoms with E-state index in [1.807, 2.05) is 43.3 Å². The van der Waals surface area contributed by atoms with E-state index >= 15 is 0 Å². The topological polar surface area (TPSA) is 37.3 Å². The highest BCUT2D eigenvalue weighted by molar-refractivity contribution is 5.99. The Kier molecular flexibility index (Phi) is 3.18. The standard InChI is InChI=1S/C18H13FO2/c1-11-6-8-15(14-5-3-2-4-13(11)14)16-10-12(18(20)21)7-9-17(16)19/h2-10H,1H3,(H,20,21). The molecule has 0 saturated carbocycles. The fourth-order valence-corrected chi connectivity index (χ4v) is 2.55. The number of benzene rings is 3. The summed E-state index contributed by atoms with van der Waals surface area (Å²) in [6.45, 7) is 2.00. The van der Waals surface area contributed by atoms with Gasteiger partial charge < -0.3 is 5.11 Å². The molecule has 1 N–H and O–H groups in total. The molecule has 0 spiro atoms. The number of aromatic carboxylic acids is 1. The minimum atomic E-state index is -1.06. The normalized spacial score (nSPS) is 10.8. The van der Waals surface area contributed by atoms with Crippen molar-refractivity contribution in [2.24, 2.45) is 0 Å². The number of fused-ring (bicyclic) bond motifs is 1. The highest BCUT2D eigenvalue weighted by atomic mass is 19.1. The van der Waals surface area contributed by atoms with Crippen LogP contribution in [0, 0.1) is 12.7 Å². The van der Waals surface area contributed by atoms with Crippen molar-refractivity contribution in [1.29, 1.82) is 0 Å². The first-order valence-electron chi connectivity index (χ1n) is 6.59. The number of carbonyl (C=O) groups is 1. The van der Waals surface area contributed by atoms with Crippen molar-refractivity contribution in [1.82, 2.24) is 0 Å². The number of carboxylic acid groups (broad SMARTS) is 1. The average Bonchev–Trinajstić information content (AvgIpc) is 2.49. The van der Waals surface area contributed by atoms with Crippen LogP contribution in [0.4, 0.5) is 4.39 Å². The molecule has 0 amide bonds. The van der Waals surface area contributed by atoms with Crippen LogP contribution in [0.1, 0.15) is 15.9 Å². The predicted octanol–water partition coefficient (Wildman–Crippen LogP) is 4.65. The summed E-state index contributed by atoms with van der Waals surface area (Å²) in [6.07, 6.45) is 0. The molecule has 0 aromatic heterocycles. The quantitative estimate of drug-likeness (QED) is 0.741. The summed E-state index contributed by atoms with van der Waals surface area (Å²) in [5, 5.41) is 11.0. The van der Waals surface area contributed by atoms with Gasteiger partial charge in [0, 0.05) is 5.56 Å². The van der Waals surface area contributed by atoms with Crippen LogP contribution in [0.15, 0.2) is 54.6 Å². The third kappa shape index (κ3) is 2.27. The van der Waals surface area contributed by atoms with Crippen molar-refractivity contribution >= 4 is 16.7 Å². The lowest BCUT2D eigenvalue weighted by atomic mass is 9.94. The Morgan fingerprint density at radius 1 is 0.952 bits per heavy atom. The van der Waals surface area contributed by atoms with Gasteiger partial charge in [-0.2, -0.15) is 0 Å². The lowest BCUT2D eigenvalue weighted by molar-refractivity contribution is 0.0697. The van der Waals surface area contributed by atoms with Crippen molar-refractivity contribution in [3.05, 3.63) is 71.5 Å². The zero-order valence-corrected chi connectivity index (χ0v) is 11.4. The Labute approximate surface area is 121 Å². The summed E-state index contributed by atoms with van der Waals surface area (Å²) in [4.78, 5) is 11.1. The van der Waals surface area contributed by atoms with Crippen LogP contribution >= 0.6 is 0 Å². The van der Waals surface area contributed by atoms with Crippen LogP contribution in [0.25, 0.3) is 21.9 Å². The Hall–Kier alpha value is -2.68. The molecule has 3 heteroatoms. The fraction of sp³-hybridized carbons (Fsp3) is 0.0556. The van der Waals surface area contributed by atoms with Crippen molar-refractivity contribution in [2.45, 2.75) is 6.92 Å². The molecule has 0 radical (unpaired) electrons. The molecular formula is C18H13FO2. The average molecular weight is 280 g/mol. The minimum Gasteiger partial charge on any atom is -0.478 e. The van der Waals surface area contributed by atoms with Gasteiger partial charge in [-0.15, -0.1) is 0 Å². The van der Waals surface area contributed by atoms with Gasteiger partial charge in [0.05, 0.1) is 5.56 Å². The van der Waals surface area contributed by atoms with E-state index in [9.17, 15) is 9.18 Å². The minimum absolute atomic E-state index is 0.0797. The monoisotopic (exact) mass is 280 g/mol. The van der Waals surface area contributed by atoms with Crippen LogP contribution < -0.4 is 0 Å². The summed E-state index contributed by atoms with van der Waals surface area (Å²) in [6, 6.07) is 15.3. The van der Waals surface area contributed by atoms with Gasteiger partial charge >= 0.3 is 5.97 Å². The number of hydrogen-bond donors (Lipinski definition) is 1. The molecule has 3 aromatic rings. The summed E-state index contributed by atoms with van der Waals surface area (Å²) in [5.41, 5.74) is 2.20. The number of aryl methyl sites for hydroxylation is 1. The summed E-state index contributed by atoms with van der Waals surface area (Å²) in [7, 11) is 0. The first-order chi connectivity index (χ1) is 10.1. The van der Waals surface area contributed by atoms with E-state index < -0.39 is 11.8 Å². The Bertz CT molecular complexity index is 853. The van der Waals surface area contributed by atoms with E-state index in [2.05, 4.69) is 0 Å². The van der Waals surface area contributed by atoms with Crippen molar-refractivity contribution in [3.63, 3.8) is 0 Å². The summed E-state index contributed by atoms with van der Waals surface area (Å²) >= 11 is 0. The molecule has 2 nitrogen and oxygen atoms in total. The maximum absolute atomic E-state index is 14.2. The van der Waals surface area contributed by atoms with Crippen LogP contribution in [0.5, 0.6) is 0 Å². The van der Waals surface area contributed by atoms with E-state index in [1.165, 1.54) is 18.2 Å². The highest BCUT2D eigenvalue weighted by Gasteiger charge is 2.13. The van der Waals surface area contributed by atoms with Crippen LogP contribution in [0.3, 0.4) is 0 Å². The van der Waals surface area contributed by atoms with E-state index in [0.717, 1.165) is 16.3 Å². The van der Waals surface area contributed by atoms with Crippen LogP contribution in [-0.2, 0) is 0 Å². The highest BCUT2D eigenvalue weighted by Crippen LogP contribution is 2.32. The van der Waals surface area contributed by atoms with Gasteiger partial charge in [-0.25, -0.2) is 9.18 Å². The molecule has 0 aliphatic carbocycles. The number of halogens is 1. The van der Waals surface area contributed by atoms with E-state index in [1.54, 1.807) is 0 Å². The molecule has 0 bridgehead atoms. The van der Waals surface area contributed by atoms with Gasteiger partial charge in [0.15, 0.2) is 0 Å².